The summed E-state index contributed by atoms with van der Waals surface area (Å²) in [5, 5.41) is 3.25. The van der Waals surface area contributed by atoms with E-state index in [0.29, 0.717) is 13.2 Å². The molecule has 0 amide bonds. The molecular weight excluding hydrogens is 296 g/mol. The number of hydrogen-bond donors (Lipinski definition) is 1. The average Bonchev–Trinajstić information content (AvgIpc) is 2.19. The molecule has 1 atom stereocenters. The molecule has 1 saturated heterocycles. The van der Waals surface area contributed by atoms with Crippen LogP contribution in [0, 0.1) is 9.39 Å². The molecule has 0 spiro atoms. The molecule has 4 heteroatoms. The molecule has 0 radical (unpaired) electrons. The van der Waals surface area contributed by atoms with Gasteiger partial charge in [0.05, 0.1) is 19.3 Å². The van der Waals surface area contributed by atoms with Gasteiger partial charge in [0.15, 0.2) is 0 Å². The van der Waals surface area contributed by atoms with Crippen molar-refractivity contribution in [2.45, 2.75) is 6.04 Å². The Balaban J connectivity index is 2.29. The molecule has 0 aromatic heterocycles. The normalized spacial score (nSPS) is 22.3. The summed E-state index contributed by atoms with van der Waals surface area (Å²) < 4.78 is 19.8. The molecule has 1 fully saturated rings. The summed E-state index contributed by atoms with van der Waals surface area (Å²) in [4.78, 5) is 0. The smallest absolute Gasteiger partial charge is 0.129 e. The van der Waals surface area contributed by atoms with E-state index in [1.165, 1.54) is 6.07 Å². The molecule has 1 aromatic carbocycles. The lowest BCUT2D eigenvalue weighted by molar-refractivity contribution is 0.0755. The molecule has 1 unspecified atom stereocenters. The molecule has 1 aliphatic heterocycles. The van der Waals surface area contributed by atoms with Crippen LogP contribution in [0.3, 0.4) is 0 Å². The fourth-order valence-electron chi connectivity index (χ4n) is 1.59. The second-order valence-corrected chi connectivity index (χ2v) is 4.38. The summed E-state index contributed by atoms with van der Waals surface area (Å²) in [6, 6.07) is 5.13. The van der Waals surface area contributed by atoms with Crippen LogP contribution < -0.4 is 5.32 Å². The molecule has 1 aromatic rings. The Bertz CT molecular complexity index is 306. The molecule has 0 aliphatic carbocycles. The minimum atomic E-state index is -0.153. The van der Waals surface area contributed by atoms with Crippen LogP contribution in [-0.4, -0.2) is 19.8 Å². The van der Waals surface area contributed by atoms with Gasteiger partial charge < -0.3 is 10.1 Å². The highest BCUT2D eigenvalue weighted by molar-refractivity contribution is 14.1. The van der Waals surface area contributed by atoms with Crippen LogP contribution >= 0.6 is 22.6 Å². The minimum absolute atomic E-state index is 0.00292. The average molecular weight is 307 g/mol. The van der Waals surface area contributed by atoms with Gasteiger partial charge in [-0.1, -0.05) is 6.07 Å². The number of hydrogen-bond acceptors (Lipinski definition) is 2. The standard InChI is InChI=1S/C10H11FINO/c11-7-2-1-3-8(12)10(7)9-6-14-5-4-13-9/h1-3,9,13H,4-6H2. The van der Waals surface area contributed by atoms with Crippen molar-refractivity contribution in [1.29, 1.82) is 0 Å². The van der Waals surface area contributed by atoms with Gasteiger partial charge in [-0.15, -0.1) is 0 Å². The highest BCUT2D eigenvalue weighted by Crippen LogP contribution is 2.24. The molecule has 76 valence electrons. The van der Waals surface area contributed by atoms with Gasteiger partial charge in [0, 0.05) is 15.7 Å². The number of nitrogens with one attached hydrogen (secondary N) is 1. The van der Waals surface area contributed by atoms with E-state index in [2.05, 4.69) is 27.9 Å². The first-order valence-electron chi connectivity index (χ1n) is 4.54. The quantitative estimate of drug-likeness (QED) is 0.802. The number of halogens is 2. The third-order valence-corrected chi connectivity index (χ3v) is 3.21. The molecule has 2 nitrogen and oxygen atoms in total. The lowest BCUT2D eigenvalue weighted by Crippen LogP contribution is -2.35. The van der Waals surface area contributed by atoms with Crippen molar-refractivity contribution >= 4 is 22.6 Å². The molecule has 1 heterocycles. The molecular formula is C10H11FINO. The third kappa shape index (κ3) is 2.07. The zero-order chi connectivity index (χ0) is 9.97. The zero-order valence-electron chi connectivity index (χ0n) is 7.59. The van der Waals surface area contributed by atoms with E-state index in [4.69, 9.17) is 4.74 Å². The number of benzene rings is 1. The fourth-order valence-corrected chi connectivity index (χ4v) is 2.44. The van der Waals surface area contributed by atoms with Crippen LogP contribution in [0.15, 0.2) is 18.2 Å². The Labute approximate surface area is 96.0 Å². The SMILES string of the molecule is Fc1cccc(I)c1C1COCCN1. The van der Waals surface area contributed by atoms with E-state index in [0.717, 1.165) is 15.7 Å². The predicted molar refractivity (Wildman–Crippen MR) is 60.7 cm³/mol. The number of morpholine rings is 1. The van der Waals surface area contributed by atoms with E-state index >= 15 is 0 Å². The zero-order valence-corrected chi connectivity index (χ0v) is 9.75. The highest BCUT2D eigenvalue weighted by Gasteiger charge is 2.20. The Kier molecular flexibility index (Phi) is 3.35. The van der Waals surface area contributed by atoms with Crippen molar-refractivity contribution in [1.82, 2.24) is 5.32 Å². The van der Waals surface area contributed by atoms with Crippen LogP contribution in [0.2, 0.25) is 0 Å². The van der Waals surface area contributed by atoms with Crippen LogP contribution in [0.1, 0.15) is 11.6 Å². The summed E-state index contributed by atoms with van der Waals surface area (Å²) >= 11 is 2.15. The van der Waals surface area contributed by atoms with Crippen molar-refractivity contribution < 1.29 is 9.13 Å². The first-order valence-corrected chi connectivity index (χ1v) is 5.62. The van der Waals surface area contributed by atoms with Gasteiger partial charge in [0.25, 0.3) is 0 Å². The fraction of sp³-hybridized carbons (Fsp3) is 0.400. The van der Waals surface area contributed by atoms with Crippen molar-refractivity contribution in [3.05, 3.63) is 33.1 Å². The predicted octanol–water partition coefficient (Wildman–Crippen LogP) is 2.09. The maximum atomic E-state index is 13.5. The van der Waals surface area contributed by atoms with E-state index in [9.17, 15) is 4.39 Å². The van der Waals surface area contributed by atoms with Gasteiger partial charge in [-0.3, -0.25) is 0 Å². The molecule has 1 N–H and O–H groups in total. The van der Waals surface area contributed by atoms with E-state index < -0.39 is 0 Å². The molecule has 1 aliphatic rings. The molecule has 2 rings (SSSR count). The molecule has 0 bridgehead atoms. The van der Waals surface area contributed by atoms with Crippen molar-refractivity contribution in [2.75, 3.05) is 19.8 Å². The van der Waals surface area contributed by atoms with Crippen molar-refractivity contribution in [3.63, 3.8) is 0 Å². The van der Waals surface area contributed by atoms with Gasteiger partial charge in [-0.25, -0.2) is 4.39 Å². The lowest BCUT2D eigenvalue weighted by atomic mass is 10.1. The monoisotopic (exact) mass is 307 g/mol. The van der Waals surface area contributed by atoms with Gasteiger partial charge in [-0.2, -0.15) is 0 Å². The number of rotatable bonds is 1. The summed E-state index contributed by atoms with van der Waals surface area (Å²) in [5.74, 6) is -0.153. The van der Waals surface area contributed by atoms with Crippen LogP contribution in [-0.2, 0) is 4.74 Å². The summed E-state index contributed by atoms with van der Waals surface area (Å²) in [7, 11) is 0. The van der Waals surface area contributed by atoms with E-state index in [1.807, 2.05) is 6.07 Å². The maximum Gasteiger partial charge on any atom is 0.129 e. The lowest BCUT2D eigenvalue weighted by Gasteiger charge is -2.25. The van der Waals surface area contributed by atoms with Crippen molar-refractivity contribution in [3.8, 4) is 0 Å². The summed E-state index contributed by atoms with van der Waals surface area (Å²) in [6.45, 7) is 2.05. The van der Waals surface area contributed by atoms with Crippen LogP contribution in [0.5, 0.6) is 0 Å². The van der Waals surface area contributed by atoms with Crippen LogP contribution in [0.25, 0.3) is 0 Å². The second kappa shape index (κ2) is 4.55. The summed E-state index contributed by atoms with van der Waals surface area (Å²) in [5.41, 5.74) is 0.729. The topological polar surface area (TPSA) is 21.3 Å². The first kappa shape index (κ1) is 10.3. The largest absolute Gasteiger partial charge is 0.378 e. The Morgan fingerprint density at radius 2 is 2.36 bits per heavy atom. The molecule has 0 saturated carbocycles. The van der Waals surface area contributed by atoms with Gasteiger partial charge in [0.2, 0.25) is 0 Å². The minimum Gasteiger partial charge on any atom is -0.378 e. The van der Waals surface area contributed by atoms with Gasteiger partial charge >= 0.3 is 0 Å². The maximum absolute atomic E-state index is 13.5. The Morgan fingerprint density at radius 3 is 3.00 bits per heavy atom. The number of ether oxygens (including phenoxy) is 1. The Hall–Kier alpha value is -0.200. The third-order valence-electron chi connectivity index (χ3n) is 2.27. The van der Waals surface area contributed by atoms with E-state index in [-0.39, 0.29) is 11.9 Å². The molecule has 14 heavy (non-hydrogen) atoms. The highest BCUT2D eigenvalue weighted by atomic mass is 127. The van der Waals surface area contributed by atoms with Gasteiger partial charge in [-0.05, 0) is 34.7 Å². The van der Waals surface area contributed by atoms with E-state index in [1.54, 1.807) is 6.07 Å². The van der Waals surface area contributed by atoms with Crippen LogP contribution in [0.4, 0.5) is 4.39 Å². The van der Waals surface area contributed by atoms with Crippen molar-refractivity contribution in [2.24, 2.45) is 0 Å². The first-order chi connectivity index (χ1) is 6.79. The summed E-state index contributed by atoms with van der Waals surface area (Å²) in [6.07, 6.45) is 0. The Morgan fingerprint density at radius 1 is 1.50 bits per heavy atom. The second-order valence-electron chi connectivity index (χ2n) is 3.22. The van der Waals surface area contributed by atoms with Gasteiger partial charge in [0.1, 0.15) is 5.82 Å².